The molecule has 0 radical (unpaired) electrons. The quantitative estimate of drug-likeness (QED) is 0.186. The van der Waals surface area contributed by atoms with Crippen LogP contribution in [0.5, 0.6) is 0 Å². The first-order valence-electron chi connectivity index (χ1n) is 16.6. The van der Waals surface area contributed by atoms with Crippen molar-refractivity contribution < 1.29 is 4.42 Å². The Morgan fingerprint density at radius 1 is 0.408 bits per heavy atom. The van der Waals surface area contributed by atoms with Gasteiger partial charge in [0.1, 0.15) is 5.58 Å². The number of para-hydroxylation sites is 2. The monoisotopic (exact) mass is 643 g/mol. The number of anilines is 3. The van der Waals surface area contributed by atoms with Crippen molar-refractivity contribution >= 4 is 81.3 Å². The Labute approximate surface area is 287 Å². The van der Waals surface area contributed by atoms with Crippen molar-refractivity contribution in [3.05, 3.63) is 176 Å². The first-order chi connectivity index (χ1) is 24.3. The molecule has 49 heavy (non-hydrogen) atoms. The molecule has 0 fully saturated rings. The standard InChI is InChI=1S/C46H29NOS/c1-3-12-30(13-4-1)32-24-25-34-29-35(27-26-33(34)28-32)47(40-20-11-23-43-44(40)39-16-7-8-22-42(39)49-43)41-21-10-19-38-37-18-9-17-36(45(37)48-46(38)41)31-14-5-2-6-15-31/h1-29H. The fourth-order valence-electron chi connectivity index (χ4n) is 7.36. The topological polar surface area (TPSA) is 16.4 Å². The highest BCUT2D eigenvalue weighted by molar-refractivity contribution is 7.26. The van der Waals surface area contributed by atoms with E-state index in [0.717, 1.165) is 50.1 Å². The fourth-order valence-corrected chi connectivity index (χ4v) is 8.49. The van der Waals surface area contributed by atoms with Crippen LogP contribution in [0.15, 0.2) is 180 Å². The second-order valence-electron chi connectivity index (χ2n) is 12.5. The van der Waals surface area contributed by atoms with Crippen molar-refractivity contribution in [2.75, 3.05) is 4.90 Å². The van der Waals surface area contributed by atoms with E-state index in [0.29, 0.717) is 0 Å². The van der Waals surface area contributed by atoms with Gasteiger partial charge in [-0.05, 0) is 69.9 Å². The highest BCUT2D eigenvalue weighted by Crippen LogP contribution is 2.48. The van der Waals surface area contributed by atoms with Crippen molar-refractivity contribution in [3.63, 3.8) is 0 Å². The Bertz CT molecular complexity index is 2830. The minimum Gasteiger partial charge on any atom is -0.453 e. The summed E-state index contributed by atoms with van der Waals surface area (Å²) in [6.45, 7) is 0. The lowest BCUT2D eigenvalue weighted by Crippen LogP contribution is -2.10. The lowest BCUT2D eigenvalue weighted by molar-refractivity contribution is 0.670. The number of rotatable bonds is 5. The second-order valence-corrected chi connectivity index (χ2v) is 13.6. The molecule has 2 nitrogen and oxygen atoms in total. The number of hydrogen-bond acceptors (Lipinski definition) is 3. The Balaban J connectivity index is 1.24. The summed E-state index contributed by atoms with van der Waals surface area (Å²) >= 11 is 1.84. The smallest absolute Gasteiger partial charge is 0.159 e. The lowest BCUT2D eigenvalue weighted by Gasteiger charge is -2.27. The molecule has 0 saturated heterocycles. The number of hydrogen-bond donors (Lipinski definition) is 0. The maximum absolute atomic E-state index is 6.99. The van der Waals surface area contributed by atoms with Gasteiger partial charge in [0.15, 0.2) is 5.58 Å². The molecule has 2 aromatic heterocycles. The number of fused-ring (bicyclic) bond motifs is 7. The molecular weight excluding hydrogens is 615 g/mol. The SMILES string of the molecule is c1ccc(-c2ccc3cc(N(c4cccc5c4oc4c(-c6ccccc6)cccc45)c4cccc5sc6ccccc6c45)ccc3c2)cc1. The van der Waals surface area contributed by atoms with E-state index in [1.807, 2.05) is 11.3 Å². The summed E-state index contributed by atoms with van der Waals surface area (Å²) < 4.78 is 9.53. The van der Waals surface area contributed by atoms with Gasteiger partial charge in [0.2, 0.25) is 0 Å². The van der Waals surface area contributed by atoms with Gasteiger partial charge in [0.05, 0.1) is 11.4 Å². The maximum Gasteiger partial charge on any atom is 0.159 e. The second kappa shape index (κ2) is 11.2. The zero-order valence-electron chi connectivity index (χ0n) is 26.5. The third-order valence-corrected chi connectivity index (χ3v) is 10.8. The van der Waals surface area contributed by atoms with E-state index in [1.54, 1.807) is 0 Å². The van der Waals surface area contributed by atoms with Crippen LogP contribution in [-0.4, -0.2) is 0 Å². The third kappa shape index (κ3) is 4.55. The van der Waals surface area contributed by atoms with Gasteiger partial charge < -0.3 is 9.32 Å². The lowest BCUT2D eigenvalue weighted by atomic mass is 10.00. The van der Waals surface area contributed by atoms with Gasteiger partial charge >= 0.3 is 0 Å². The summed E-state index contributed by atoms with van der Waals surface area (Å²) in [7, 11) is 0. The summed E-state index contributed by atoms with van der Waals surface area (Å²) in [6, 6.07) is 63.1. The molecular formula is C46H29NOS. The molecule has 0 aliphatic carbocycles. The summed E-state index contributed by atoms with van der Waals surface area (Å²) in [4.78, 5) is 2.40. The van der Waals surface area contributed by atoms with E-state index in [-0.39, 0.29) is 0 Å². The van der Waals surface area contributed by atoms with Crippen LogP contribution < -0.4 is 4.90 Å². The molecule has 0 spiro atoms. The predicted octanol–water partition coefficient (Wildman–Crippen LogP) is 13.9. The molecule has 0 saturated carbocycles. The molecule has 3 heteroatoms. The molecule has 2 heterocycles. The van der Waals surface area contributed by atoms with Crippen molar-refractivity contribution in [1.29, 1.82) is 0 Å². The number of furan rings is 1. The van der Waals surface area contributed by atoms with Gasteiger partial charge in [0.25, 0.3) is 0 Å². The van der Waals surface area contributed by atoms with Crippen molar-refractivity contribution in [1.82, 2.24) is 0 Å². The summed E-state index contributed by atoms with van der Waals surface area (Å²) in [5, 5.41) is 7.13. The molecule has 8 aromatic carbocycles. The third-order valence-electron chi connectivity index (χ3n) is 9.64. The van der Waals surface area contributed by atoms with Gasteiger partial charge in [-0.2, -0.15) is 0 Å². The molecule has 0 atom stereocenters. The average Bonchev–Trinajstić information content (AvgIpc) is 3.75. The van der Waals surface area contributed by atoms with E-state index in [9.17, 15) is 0 Å². The molecule has 0 unspecified atom stereocenters. The fraction of sp³-hybridized carbons (Fsp3) is 0. The Morgan fingerprint density at radius 2 is 1.04 bits per heavy atom. The van der Waals surface area contributed by atoms with Crippen molar-refractivity contribution in [2.24, 2.45) is 0 Å². The Hall–Kier alpha value is -6.16. The van der Waals surface area contributed by atoms with Crippen LogP contribution >= 0.6 is 11.3 Å². The minimum atomic E-state index is 0.872. The van der Waals surface area contributed by atoms with Crippen LogP contribution in [0.3, 0.4) is 0 Å². The van der Waals surface area contributed by atoms with Gasteiger partial charge in [-0.3, -0.25) is 0 Å². The van der Waals surface area contributed by atoms with E-state index < -0.39 is 0 Å². The summed E-state index contributed by atoms with van der Waals surface area (Å²) in [6.07, 6.45) is 0. The van der Waals surface area contributed by atoms with Crippen molar-refractivity contribution in [3.8, 4) is 22.3 Å². The number of benzene rings is 8. The zero-order valence-corrected chi connectivity index (χ0v) is 27.3. The minimum absolute atomic E-state index is 0.872. The molecule has 0 amide bonds. The van der Waals surface area contributed by atoms with Crippen LogP contribution in [0.25, 0.3) is 75.1 Å². The van der Waals surface area contributed by atoms with Crippen LogP contribution in [0.1, 0.15) is 0 Å². The van der Waals surface area contributed by atoms with Gasteiger partial charge in [-0.25, -0.2) is 0 Å². The van der Waals surface area contributed by atoms with E-state index in [2.05, 4.69) is 181 Å². The summed E-state index contributed by atoms with van der Waals surface area (Å²) in [5.41, 5.74) is 9.67. The van der Waals surface area contributed by atoms with Crippen LogP contribution in [0, 0.1) is 0 Å². The van der Waals surface area contributed by atoms with Crippen molar-refractivity contribution in [2.45, 2.75) is 0 Å². The molecule has 0 N–H and O–H groups in total. The van der Waals surface area contributed by atoms with Gasteiger partial charge in [-0.1, -0.05) is 133 Å². The van der Waals surface area contributed by atoms with Gasteiger partial charge in [0, 0.05) is 42.2 Å². The van der Waals surface area contributed by atoms with E-state index in [4.69, 9.17) is 4.42 Å². The van der Waals surface area contributed by atoms with Gasteiger partial charge in [-0.15, -0.1) is 11.3 Å². The Kier molecular flexibility index (Phi) is 6.39. The van der Waals surface area contributed by atoms with Crippen LogP contribution in [-0.2, 0) is 0 Å². The highest BCUT2D eigenvalue weighted by atomic mass is 32.1. The summed E-state index contributed by atoms with van der Waals surface area (Å²) in [5.74, 6) is 0. The first-order valence-corrected chi connectivity index (χ1v) is 17.4. The van der Waals surface area contributed by atoms with Crippen LogP contribution in [0.2, 0.25) is 0 Å². The first kappa shape index (κ1) is 27.9. The van der Waals surface area contributed by atoms with Crippen LogP contribution in [0.4, 0.5) is 17.1 Å². The predicted molar refractivity (Wildman–Crippen MR) is 210 cm³/mol. The largest absolute Gasteiger partial charge is 0.453 e. The number of thiophene rings is 1. The van der Waals surface area contributed by atoms with E-state index >= 15 is 0 Å². The molecule has 0 bridgehead atoms. The number of nitrogens with zero attached hydrogens (tertiary/aromatic N) is 1. The molecule has 0 aliphatic rings. The zero-order chi connectivity index (χ0) is 32.3. The molecule has 10 rings (SSSR count). The normalized spacial score (nSPS) is 11.7. The molecule has 230 valence electrons. The molecule has 10 aromatic rings. The van der Waals surface area contributed by atoms with E-state index in [1.165, 1.54) is 42.1 Å². The Morgan fingerprint density at radius 3 is 1.90 bits per heavy atom. The average molecular weight is 644 g/mol. The highest BCUT2D eigenvalue weighted by Gasteiger charge is 2.23. The maximum atomic E-state index is 6.99. The molecule has 0 aliphatic heterocycles.